The molecule has 0 saturated heterocycles. The van der Waals surface area contributed by atoms with Crippen molar-refractivity contribution in [3.05, 3.63) is 29.3 Å². The van der Waals surface area contributed by atoms with Crippen LogP contribution >= 0.6 is 0 Å². The summed E-state index contributed by atoms with van der Waals surface area (Å²) in [6.07, 6.45) is 0.921. The average Bonchev–Trinajstić information content (AvgIpc) is 2.30. The van der Waals surface area contributed by atoms with Crippen molar-refractivity contribution in [3.8, 4) is 5.75 Å². The fraction of sp³-hybridized carbons (Fsp3) is 0.538. The molecule has 0 fully saturated rings. The number of para-hydroxylation sites is 1. The second-order valence-electron chi connectivity index (χ2n) is 3.94. The minimum absolute atomic E-state index is 0.158. The van der Waals surface area contributed by atoms with Gasteiger partial charge in [-0.05, 0) is 18.9 Å². The van der Waals surface area contributed by atoms with Crippen molar-refractivity contribution in [2.75, 3.05) is 13.7 Å². The molecule has 1 rings (SSSR count). The molecule has 0 bridgehead atoms. The van der Waals surface area contributed by atoms with E-state index < -0.39 is 0 Å². The maximum Gasteiger partial charge on any atom is 0.126 e. The summed E-state index contributed by atoms with van der Waals surface area (Å²) in [4.78, 5) is 0. The van der Waals surface area contributed by atoms with Crippen LogP contribution in [-0.2, 0) is 6.54 Å². The van der Waals surface area contributed by atoms with Crippen molar-refractivity contribution in [2.45, 2.75) is 32.9 Å². The van der Waals surface area contributed by atoms with Crippen molar-refractivity contribution in [2.24, 2.45) is 0 Å². The van der Waals surface area contributed by atoms with Gasteiger partial charge in [0.25, 0.3) is 0 Å². The maximum atomic E-state index is 9.09. The van der Waals surface area contributed by atoms with Gasteiger partial charge in [0.05, 0.1) is 13.7 Å². The zero-order chi connectivity index (χ0) is 12.0. The van der Waals surface area contributed by atoms with Crippen LogP contribution < -0.4 is 10.1 Å². The number of ether oxygens (including phenoxy) is 1. The Morgan fingerprint density at radius 1 is 1.44 bits per heavy atom. The molecule has 3 heteroatoms. The molecule has 90 valence electrons. The van der Waals surface area contributed by atoms with Crippen LogP contribution in [0.25, 0.3) is 0 Å². The van der Waals surface area contributed by atoms with Crippen molar-refractivity contribution in [3.63, 3.8) is 0 Å². The van der Waals surface area contributed by atoms with Gasteiger partial charge in [0, 0.05) is 18.2 Å². The smallest absolute Gasteiger partial charge is 0.126 e. The van der Waals surface area contributed by atoms with Crippen LogP contribution in [0, 0.1) is 6.92 Å². The fourth-order valence-corrected chi connectivity index (χ4v) is 1.74. The lowest BCUT2D eigenvalue weighted by Crippen LogP contribution is -2.31. The minimum atomic E-state index is 0.158. The second kappa shape index (κ2) is 6.51. The molecular weight excluding hydrogens is 202 g/mol. The van der Waals surface area contributed by atoms with Gasteiger partial charge in [-0.1, -0.05) is 25.1 Å². The molecule has 0 aromatic heterocycles. The van der Waals surface area contributed by atoms with Gasteiger partial charge in [-0.15, -0.1) is 0 Å². The van der Waals surface area contributed by atoms with Gasteiger partial charge in [0.2, 0.25) is 0 Å². The van der Waals surface area contributed by atoms with Crippen LogP contribution in [0.1, 0.15) is 24.5 Å². The summed E-state index contributed by atoms with van der Waals surface area (Å²) in [7, 11) is 1.69. The number of aliphatic hydroxyl groups is 1. The minimum Gasteiger partial charge on any atom is -0.496 e. The third kappa shape index (κ3) is 3.22. The third-order valence-electron chi connectivity index (χ3n) is 2.79. The average molecular weight is 223 g/mol. The molecule has 1 unspecified atom stereocenters. The Balaban J connectivity index is 2.69. The van der Waals surface area contributed by atoms with Crippen LogP contribution in [0.2, 0.25) is 0 Å². The van der Waals surface area contributed by atoms with Crippen LogP contribution in [0.3, 0.4) is 0 Å². The van der Waals surface area contributed by atoms with Crippen molar-refractivity contribution in [1.29, 1.82) is 0 Å². The van der Waals surface area contributed by atoms with Gasteiger partial charge < -0.3 is 15.2 Å². The number of methoxy groups -OCH3 is 1. The summed E-state index contributed by atoms with van der Waals surface area (Å²) in [5.74, 6) is 0.933. The molecule has 1 aromatic carbocycles. The van der Waals surface area contributed by atoms with E-state index in [4.69, 9.17) is 9.84 Å². The predicted octanol–water partition coefficient (Wildman–Crippen LogP) is 1.86. The summed E-state index contributed by atoms with van der Waals surface area (Å²) >= 11 is 0. The number of hydrogen-bond donors (Lipinski definition) is 2. The molecule has 0 saturated carbocycles. The van der Waals surface area contributed by atoms with Gasteiger partial charge in [0.1, 0.15) is 5.75 Å². The van der Waals surface area contributed by atoms with Crippen molar-refractivity contribution >= 4 is 0 Å². The lowest BCUT2D eigenvalue weighted by atomic mass is 10.1. The lowest BCUT2D eigenvalue weighted by Gasteiger charge is -2.16. The zero-order valence-electron chi connectivity index (χ0n) is 10.3. The standard InChI is InChI=1S/C13H21NO2/c1-4-12(9-15)14-8-11-7-5-6-10(2)13(11)16-3/h5-7,12,14-15H,4,8-9H2,1-3H3. The van der Waals surface area contributed by atoms with Gasteiger partial charge in [0.15, 0.2) is 0 Å². The van der Waals surface area contributed by atoms with Gasteiger partial charge in [-0.2, -0.15) is 0 Å². The number of rotatable bonds is 6. The van der Waals surface area contributed by atoms with E-state index in [2.05, 4.69) is 12.2 Å². The Morgan fingerprint density at radius 3 is 2.75 bits per heavy atom. The van der Waals surface area contributed by atoms with E-state index in [1.165, 1.54) is 0 Å². The Bertz CT molecular complexity index is 322. The van der Waals surface area contributed by atoms with Crippen molar-refractivity contribution < 1.29 is 9.84 Å². The van der Waals surface area contributed by atoms with E-state index in [0.717, 1.165) is 29.8 Å². The van der Waals surface area contributed by atoms with Gasteiger partial charge in [-0.3, -0.25) is 0 Å². The molecule has 0 heterocycles. The van der Waals surface area contributed by atoms with Crippen molar-refractivity contribution in [1.82, 2.24) is 5.32 Å². The summed E-state index contributed by atoms with van der Waals surface area (Å²) in [6, 6.07) is 6.26. The second-order valence-corrected chi connectivity index (χ2v) is 3.94. The quantitative estimate of drug-likeness (QED) is 0.773. The zero-order valence-corrected chi connectivity index (χ0v) is 10.3. The molecule has 3 nitrogen and oxygen atoms in total. The summed E-state index contributed by atoms with van der Waals surface area (Å²) in [6.45, 7) is 4.99. The van der Waals surface area contributed by atoms with Gasteiger partial charge in [-0.25, -0.2) is 0 Å². The molecule has 0 radical (unpaired) electrons. The first kappa shape index (κ1) is 13.0. The number of aliphatic hydroxyl groups excluding tert-OH is 1. The highest BCUT2D eigenvalue weighted by atomic mass is 16.5. The molecule has 0 amide bonds. The highest BCUT2D eigenvalue weighted by Gasteiger charge is 2.08. The largest absolute Gasteiger partial charge is 0.496 e. The molecule has 16 heavy (non-hydrogen) atoms. The molecule has 0 spiro atoms. The van der Waals surface area contributed by atoms with Gasteiger partial charge >= 0.3 is 0 Å². The fourth-order valence-electron chi connectivity index (χ4n) is 1.74. The van der Waals surface area contributed by atoms with E-state index in [-0.39, 0.29) is 12.6 Å². The number of hydrogen-bond acceptors (Lipinski definition) is 3. The molecule has 0 aliphatic heterocycles. The highest BCUT2D eigenvalue weighted by molar-refractivity contribution is 5.40. The Labute approximate surface area is 97.4 Å². The number of nitrogens with one attached hydrogen (secondary N) is 1. The first-order valence-corrected chi connectivity index (χ1v) is 5.69. The Kier molecular flexibility index (Phi) is 5.29. The lowest BCUT2D eigenvalue weighted by molar-refractivity contribution is 0.238. The van der Waals surface area contributed by atoms with Crippen LogP contribution in [0.5, 0.6) is 5.75 Å². The number of benzene rings is 1. The summed E-state index contributed by atoms with van der Waals surface area (Å²) in [5, 5.41) is 12.4. The molecule has 1 atom stereocenters. The monoisotopic (exact) mass is 223 g/mol. The number of aryl methyl sites for hydroxylation is 1. The normalized spacial score (nSPS) is 12.5. The van der Waals surface area contributed by atoms with E-state index in [0.29, 0.717) is 0 Å². The maximum absolute atomic E-state index is 9.09. The molecule has 1 aromatic rings. The summed E-state index contributed by atoms with van der Waals surface area (Å²) < 4.78 is 5.37. The van der Waals surface area contributed by atoms with E-state index in [1.807, 2.05) is 25.1 Å². The van der Waals surface area contributed by atoms with E-state index >= 15 is 0 Å². The SMILES string of the molecule is CCC(CO)NCc1cccc(C)c1OC. The third-order valence-corrected chi connectivity index (χ3v) is 2.79. The molecule has 0 aliphatic carbocycles. The predicted molar refractivity (Wildman–Crippen MR) is 65.7 cm³/mol. The first-order valence-electron chi connectivity index (χ1n) is 5.69. The van der Waals surface area contributed by atoms with Crippen LogP contribution in [0.15, 0.2) is 18.2 Å². The molecular formula is C13H21NO2. The Morgan fingerprint density at radius 2 is 2.19 bits per heavy atom. The Hall–Kier alpha value is -1.06. The molecule has 2 N–H and O–H groups in total. The van der Waals surface area contributed by atoms with Crippen LogP contribution in [0.4, 0.5) is 0 Å². The van der Waals surface area contributed by atoms with E-state index in [9.17, 15) is 0 Å². The summed E-state index contributed by atoms with van der Waals surface area (Å²) in [5.41, 5.74) is 2.27. The van der Waals surface area contributed by atoms with E-state index in [1.54, 1.807) is 7.11 Å². The molecule has 0 aliphatic rings. The topological polar surface area (TPSA) is 41.5 Å². The highest BCUT2D eigenvalue weighted by Crippen LogP contribution is 2.22. The van der Waals surface area contributed by atoms with Crippen LogP contribution in [-0.4, -0.2) is 24.9 Å². The first-order chi connectivity index (χ1) is 7.72.